The molecule has 3 rings (SSSR count). The Morgan fingerprint density at radius 2 is 2.12 bits per heavy atom. The number of rotatable bonds is 0. The van der Waals surface area contributed by atoms with Gasteiger partial charge in [-0.1, -0.05) is 48.3 Å². The SMILES string of the molecule is CC1=CC(C#CC2=CCCC2)c2ccccc21. The van der Waals surface area contributed by atoms with Crippen LogP contribution in [0.15, 0.2) is 42.0 Å². The van der Waals surface area contributed by atoms with E-state index in [1.54, 1.807) is 0 Å². The van der Waals surface area contributed by atoms with Gasteiger partial charge in [-0.15, -0.1) is 0 Å². The van der Waals surface area contributed by atoms with Gasteiger partial charge < -0.3 is 0 Å². The molecular weight excluding hydrogens is 204 g/mol. The molecule has 0 aliphatic heterocycles. The fourth-order valence-electron chi connectivity index (χ4n) is 2.63. The van der Waals surface area contributed by atoms with Crippen molar-refractivity contribution in [2.45, 2.75) is 32.1 Å². The first-order chi connectivity index (χ1) is 8.34. The predicted octanol–water partition coefficient (Wildman–Crippen LogP) is 4.30. The standard InChI is InChI=1S/C17H16/c1-13-12-15(11-10-14-6-2-3-7-14)17-9-5-4-8-16(13)17/h4-6,8-9,12,15H,2-3,7H2,1H3. The zero-order valence-corrected chi connectivity index (χ0v) is 10.2. The molecule has 0 amide bonds. The van der Waals surface area contributed by atoms with Crippen LogP contribution in [0.1, 0.15) is 43.2 Å². The molecule has 0 nitrogen and oxygen atoms in total. The number of allylic oxidation sites excluding steroid dienone is 4. The van der Waals surface area contributed by atoms with E-state index in [0.717, 1.165) is 0 Å². The lowest BCUT2D eigenvalue weighted by Crippen LogP contribution is -1.89. The van der Waals surface area contributed by atoms with Crippen LogP contribution in [0, 0.1) is 11.8 Å². The second kappa shape index (κ2) is 4.26. The highest BCUT2D eigenvalue weighted by atomic mass is 14.2. The highest BCUT2D eigenvalue weighted by molar-refractivity contribution is 5.75. The van der Waals surface area contributed by atoms with Crippen molar-refractivity contribution in [3.63, 3.8) is 0 Å². The first kappa shape index (κ1) is 10.4. The van der Waals surface area contributed by atoms with Gasteiger partial charge in [0, 0.05) is 0 Å². The van der Waals surface area contributed by atoms with Crippen molar-refractivity contribution < 1.29 is 0 Å². The minimum absolute atomic E-state index is 0.299. The summed E-state index contributed by atoms with van der Waals surface area (Å²) in [4.78, 5) is 0. The molecule has 0 heterocycles. The van der Waals surface area contributed by atoms with Crippen molar-refractivity contribution in [3.05, 3.63) is 53.1 Å². The van der Waals surface area contributed by atoms with Gasteiger partial charge in [-0.2, -0.15) is 0 Å². The van der Waals surface area contributed by atoms with Crippen molar-refractivity contribution in [1.82, 2.24) is 0 Å². The van der Waals surface area contributed by atoms with Gasteiger partial charge in [0.25, 0.3) is 0 Å². The van der Waals surface area contributed by atoms with Gasteiger partial charge in [0.15, 0.2) is 0 Å². The van der Waals surface area contributed by atoms with E-state index in [4.69, 9.17) is 0 Å². The molecule has 84 valence electrons. The quantitative estimate of drug-likeness (QED) is 0.572. The molecule has 0 aromatic heterocycles. The molecule has 0 saturated carbocycles. The third-order valence-electron chi connectivity index (χ3n) is 3.57. The van der Waals surface area contributed by atoms with E-state index >= 15 is 0 Å². The summed E-state index contributed by atoms with van der Waals surface area (Å²) in [5, 5.41) is 0. The average Bonchev–Trinajstić information content (AvgIpc) is 2.96. The lowest BCUT2D eigenvalue weighted by molar-refractivity contribution is 0.918. The van der Waals surface area contributed by atoms with Crippen LogP contribution in [-0.2, 0) is 0 Å². The Hall–Kier alpha value is -1.74. The maximum atomic E-state index is 3.42. The summed E-state index contributed by atoms with van der Waals surface area (Å²) in [6, 6.07) is 8.60. The van der Waals surface area contributed by atoms with E-state index in [2.05, 4.69) is 55.2 Å². The molecule has 0 saturated heterocycles. The number of hydrogen-bond acceptors (Lipinski definition) is 0. The van der Waals surface area contributed by atoms with Crippen LogP contribution < -0.4 is 0 Å². The molecule has 0 bridgehead atoms. The minimum Gasteiger partial charge on any atom is -0.0858 e. The summed E-state index contributed by atoms with van der Waals surface area (Å²) >= 11 is 0. The minimum atomic E-state index is 0.299. The van der Waals surface area contributed by atoms with Gasteiger partial charge in [0.2, 0.25) is 0 Å². The predicted molar refractivity (Wildman–Crippen MR) is 72.5 cm³/mol. The molecule has 0 radical (unpaired) electrons. The lowest BCUT2D eigenvalue weighted by atomic mass is 10.0. The van der Waals surface area contributed by atoms with Gasteiger partial charge in [-0.3, -0.25) is 0 Å². The van der Waals surface area contributed by atoms with Crippen molar-refractivity contribution in [2.24, 2.45) is 0 Å². The van der Waals surface area contributed by atoms with Crippen molar-refractivity contribution in [3.8, 4) is 11.8 Å². The Kier molecular flexibility index (Phi) is 2.61. The molecule has 17 heavy (non-hydrogen) atoms. The van der Waals surface area contributed by atoms with Gasteiger partial charge in [-0.05, 0) is 48.5 Å². The second-order valence-corrected chi connectivity index (χ2v) is 4.81. The van der Waals surface area contributed by atoms with Crippen LogP contribution in [-0.4, -0.2) is 0 Å². The summed E-state index contributed by atoms with van der Waals surface area (Å²) < 4.78 is 0. The monoisotopic (exact) mass is 220 g/mol. The average molecular weight is 220 g/mol. The molecule has 1 atom stereocenters. The fourth-order valence-corrected chi connectivity index (χ4v) is 2.63. The fraction of sp³-hybridized carbons (Fsp3) is 0.294. The molecule has 1 aromatic rings. The van der Waals surface area contributed by atoms with Crippen LogP contribution in [0.3, 0.4) is 0 Å². The Balaban J connectivity index is 1.91. The molecule has 1 unspecified atom stereocenters. The highest BCUT2D eigenvalue weighted by Gasteiger charge is 2.18. The third-order valence-corrected chi connectivity index (χ3v) is 3.57. The maximum Gasteiger partial charge on any atom is 0.0648 e. The highest BCUT2D eigenvalue weighted by Crippen LogP contribution is 2.35. The maximum absolute atomic E-state index is 3.42. The van der Waals surface area contributed by atoms with Crippen LogP contribution in [0.4, 0.5) is 0 Å². The van der Waals surface area contributed by atoms with Crippen LogP contribution >= 0.6 is 0 Å². The Labute approximate surface area is 103 Å². The molecule has 0 N–H and O–H groups in total. The van der Waals surface area contributed by atoms with Gasteiger partial charge >= 0.3 is 0 Å². The molecule has 2 aliphatic rings. The van der Waals surface area contributed by atoms with E-state index in [1.807, 2.05) is 0 Å². The Morgan fingerprint density at radius 1 is 1.24 bits per heavy atom. The first-order valence-electron chi connectivity index (χ1n) is 6.33. The van der Waals surface area contributed by atoms with Crippen molar-refractivity contribution >= 4 is 5.57 Å². The molecule has 1 aromatic carbocycles. The molecular formula is C17H16. The lowest BCUT2D eigenvalue weighted by Gasteiger charge is -2.03. The largest absolute Gasteiger partial charge is 0.0858 e. The number of benzene rings is 1. The topological polar surface area (TPSA) is 0 Å². The summed E-state index contributed by atoms with van der Waals surface area (Å²) in [5.74, 6) is 7.07. The Bertz CT molecular complexity index is 561. The van der Waals surface area contributed by atoms with Gasteiger partial charge in [-0.25, -0.2) is 0 Å². The van der Waals surface area contributed by atoms with Gasteiger partial charge in [0.05, 0.1) is 5.92 Å². The summed E-state index contributed by atoms with van der Waals surface area (Å²) in [7, 11) is 0. The zero-order chi connectivity index (χ0) is 11.7. The van der Waals surface area contributed by atoms with Crippen LogP contribution in [0.2, 0.25) is 0 Å². The van der Waals surface area contributed by atoms with Crippen molar-refractivity contribution in [2.75, 3.05) is 0 Å². The normalized spacial score (nSPS) is 21.4. The van der Waals surface area contributed by atoms with Gasteiger partial charge in [0.1, 0.15) is 0 Å². The third kappa shape index (κ3) is 1.94. The van der Waals surface area contributed by atoms with E-state index in [1.165, 1.54) is 41.5 Å². The number of hydrogen-bond donors (Lipinski definition) is 0. The van der Waals surface area contributed by atoms with E-state index in [0.29, 0.717) is 5.92 Å². The van der Waals surface area contributed by atoms with E-state index < -0.39 is 0 Å². The second-order valence-electron chi connectivity index (χ2n) is 4.81. The molecule has 0 fully saturated rings. The summed E-state index contributed by atoms with van der Waals surface area (Å²) in [5.41, 5.74) is 5.43. The first-order valence-corrected chi connectivity index (χ1v) is 6.33. The summed E-state index contributed by atoms with van der Waals surface area (Å²) in [6.07, 6.45) is 8.22. The van der Waals surface area contributed by atoms with Crippen LogP contribution in [0.25, 0.3) is 5.57 Å². The number of fused-ring (bicyclic) bond motifs is 1. The Morgan fingerprint density at radius 3 is 2.94 bits per heavy atom. The smallest absolute Gasteiger partial charge is 0.0648 e. The summed E-state index contributed by atoms with van der Waals surface area (Å²) in [6.45, 7) is 2.18. The molecule has 0 spiro atoms. The molecule has 0 heteroatoms. The van der Waals surface area contributed by atoms with E-state index in [-0.39, 0.29) is 0 Å². The van der Waals surface area contributed by atoms with E-state index in [9.17, 15) is 0 Å². The zero-order valence-electron chi connectivity index (χ0n) is 10.2. The van der Waals surface area contributed by atoms with Crippen molar-refractivity contribution in [1.29, 1.82) is 0 Å². The molecule has 2 aliphatic carbocycles. The van der Waals surface area contributed by atoms with Crippen LogP contribution in [0.5, 0.6) is 0 Å².